The number of para-hydroxylation sites is 2. The third kappa shape index (κ3) is 3.57. The number of amides is 2. The number of benzene rings is 2. The fourth-order valence-corrected chi connectivity index (χ4v) is 3.97. The van der Waals surface area contributed by atoms with Crippen molar-refractivity contribution in [1.82, 2.24) is 19.8 Å². The number of nitrogens with zero attached hydrogens (tertiary/aromatic N) is 3. The van der Waals surface area contributed by atoms with Gasteiger partial charge in [0, 0.05) is 25.8 Å². The number of ether oxygens (including phenoxy) is 1. The van der Waals surface area contributed by atoms with E-state index in [0.29, 0.717) is 25.3 Å². The topological polar surface area (TPSA) is 76.5 Å². The summed E-state index contributed by atoms with van der Waals surface area (Å²) in [7, 11) is 1.66. The first-order valence-corrected chi connectivity index (χ1v) is 10.1. The highest BCUT2D eigenvalue weighted by Gasteiger charge is 2.34. The number of hydrogen-bond donors (Lipinski definition) is 1. The predicted octanol–water partition coefficient (Wildman–Crippen LogP) is 2.90. The van der Waals surface area contributed by atoms with Gasteiger partial charge in [0.05, 0.1) is 23.7 Å². The average Bonchev–Trinajstić information content (AvgIpc) is 3.30. The van der Waals surface area contributed by atoms with Crippen LogP contribution in [0.5, 0.6) is 0 Å². The van der Waals surface area contributed by atoms with Gasteiger partial charge in [-0.3, -0.25) is 9.59 Å². The summed E-state index contributed by atoms with van der Waals surface area (Å²) in [6.07, 6.45) is 0. The van der Waals surface area contributed by atoms with Crippen LogP contribution in [0.15, 0.2) is 48.5 Å². The molecule has 2 amide bonds. The SMILES string of the molecule is COCCn1c([C@H](C)NC(=O)[C@@H](C)N2Cc3ccccc3C2=O)nc2ccccc21. The molecule has 30 heavy (non-hydrogen) atoms. The number of carbonyl (C=O) groups is 2. The van der Waals surface area contributed by atoms with Crippen molar-refractivity contribution < 1.29 is 14.3 Å². The quantitative estimate of drug-likeness (QED) is 0.655. The molecule has 0 unspecified atom stereocenters. The van der Waals surface area contributed by atoms with Gasteiger partial charge >= 0.3 is 0 Å². The number of rotatable bonds is 7. The lowest BCUT2D eigenvalue weighted by molar-refractivity contribution is -0.125. The van der Waals surface area contributed by atoms with Crippen molar-refractivity contribution in [3.05, 3.63) is 65.5 Å². The van der Waals surface area contributed by atoms with E-state index in [-0.39, 0.29) is 17.9 Å². The maximum absolute atomic E-state index is 13.0. The highest BCUT2D eigenvalue weighted by atomic mass is 16.5. The molecule has 0 saturated carbocycles. The van der Waals surface area contributed by atoms with E-state index < -0.39 is 6.04 Å². The number of nitrogens with one attached hydrogen (secondary N) is 1. The Labute approximate surface area is 175 Å². The molecule has 0 radical (unpaired) electrons. The molecule has 4 rings (SSSR count). The Kier molecular flexibility index (Phi) is 5.55. The Hall–Kier alpha value is -3.19. The number of fused-ring (bicyclic) bond motifs is 2. The van der Waals surface area contributed by atoms with Gasteiger partial charge in [0.2, 0.25) is 5.91 Å². The minimum absolute atomic E-state index is 0.103. The van der Waals surface area contributed by atoms with Gasteiger partial charge in [-0.15, -0.1) is 0 Å². The summed E-state index contributed by atoms with van der Waals surface area (Å²) in [5.74, 6) is 0.465. The number of methoxy groups -OCH3 is 1. The fourth-order valence-electron chi connectivity index (χ4n) is 3.97. The van der Waals surface area contributed by atoms with Gasteiger partial charge in [0.25, 0.3) is 5.91 Å². The van der Waals surface area contributed by atoms with Crippen molar-refractivity contribution in [2.45, 2.75) is 39.0 Å². The summed E-state index contributed by atoms with van der Waals surface area (Å²) in [6.45, 7) is 5.31. The maximum Gasteiger partial charge on any atom is 0.255 e. The van der Waals surface area contributed by atoms with Crippen LogP contribution in [0.4, 0.5) is 0 Å². The Balaban J connectivity index is 1.52. The summed E-state index contributed by atoms with van der Waals surface area (Å²) in [4.78, 5) is 32.0. The van der Waals surface area contributed by atoms with Gasteiger partial charge in [-0.2, -0.15) is 0 Å². The molecule has 0 aliphatic carbocycles. The highest BCUT2D eigenvalue weighted by Crippen LogP contribution is 2.25. The summed E-state index contributed by atoms with van der Waals surface area (Å²) < 4.78 is 7.32. The zero-order valence-corrected chi connectivity index (χ0v) is 17.5. The third-order valence-corrected chi connectivity index (χ3v) is 5.65. The summed E-state index contributed by atoms with van der Waals surface area (Å²) in [5, 5.41) is 3.04. The second-order valence-electron chi connectivity index (χ2n) is 7.60. The molecule has 1 aromatic heterocycles. The van der Waals surface area contributed by atoms with Crippen molar-refractivity contribution in [3.8, 4) is 0 Å². The third-order valence-electron chi connectivity index (χ3n) is 5.65. The van der Waals surface area contributed by atoms with Crippen molar-refractivity contribution >= 4 is 22.8 Å². The average molecular weight is 406 g/mol. The standard InChI is InChI=1S/C23H26N4O3/c1-15(21-25-19-10-6-7-11-20(19)26(21)12-13-30-3)24-22(28)16(2)27-14-17-8-4-5-9-18(17)23(27)29/h4-11,15-16H,12-14H2,1-3H3,(H,24,28)/t15-,16+/m0/s1. The number of imidazole rings is 1. The van der Waals surface area contributed by atoms with E-state index in [9.17, 15) is 9.59 Å². The predicted molar refractivity (Wildman–Crippen MR) is 114 cm³/mol. The van der Waals surface area contributed by atoms with Crippen molar-refractivity contribution in [3.63, 3.8) is 0 Å². The molecule has 7 nitrogen and oxygen atoms in total. The van der Waals surface area contributed by atoms with Crippen LogP contribution in [0.2, 0.25) is 0 Å². The Morgan fingerprint density at radius 3 is 2.67 bits per heavy atom. The first-order valence-electron chi connectivity index (χ1n) is 10.1. The molecule has 0 fully saturated rings. The number of carbonyl (C=O) groups excluding carboxylic acids is 2. The van der Waals surface area contributed by atoms with Gasteiger partial charge in [-0.05, 0) is 37.6 Å². The van der Waals surface area contributed by atoms with Gasteiger partial charge < -0.3 is 19.5 Å². The summed E-state index contributed by atoms with van der Waals surface area (Å²) >= 11 is 0. The van der Waals surface area contributed by atoms with Crippen LogP contribution in [0.3, 0.4) is 0 Å². The Morgan fingerprint density at radius 2 is 1.90 bits per heavy atom. The van der Waals surface area contributed by atoms with Gasteiger partial charge in [-0.1, -0.05) is 30.3 Å². The van der Waals surface area contributed by atoms with Gasteiger partial charge in [0.1, 0.15) is 11.9 Å². The van der Waals surface area contributed by atoms with Crippen LogP contribution in [-0.2, 0) is 22.6 Å². The molecule has 0 saturated heterocycles. The molecule has 2 heterocycles. The lowest BCUT2D eigenvalue weighted by Crippen LogP contribution is -2.46. The summed E-state index contributed by atoms with van der Waals surface area (Å²) in [5.41, 5.74) is 3.51. The molecule has 156 valence electrons. The van der Waals surface area contributed by atoms with E-state index in [4.69, 9.17) is 9.72 Å². The molecule has 2 atom stereocenters. The maximum atomic E-state index is 13.0. The first-order chi connectivity index (χ1) is 14.5. The zero-order chi connectivity index (χ0) is 21.3. The molecular weight excluding hydrogens is 380 g/mol. The van der Waals surface area contributed by atoms with Gasteiger partial charge in [-0.25, -0.2) is 4.98 Å². The van der Waals surface area contributed by atoms with Gasteiger partial charge in [0.15, 0.2) is 0 Å². The van der Waals surface area contributed by atoms with E-state index >= 15 is 0 Å². The smallest absolute Gasteiger partial charge is 0.255 e. The number of aromatic nitrogens is 2. The van der Waals surface area contributed by atoms with Crippen molar-refractivity contribution in [2.24, 2.45) is 0 Å². The van der Waals surface area contributed by atoms with Crippen LogP contribution >= 0.6 is 0 Å². The van der Waals surface area contributed by atoms with Crippen LogP contribution in [0, 0.1) is 0 Å². The van der Waals surface area contributed by atoms with Crippen molar-refractivity contribution in [2.75, 3.05) is 13.7 Å². The summed E-state index contributed by atoms with van der Waals surface area (Å²) in [6, 6.07) is 14.5. The fraction of sp³-hybridized carbons (Fsp3) is 0.348. The highest BCUT2D eigenvalue weighted by molar-refractivity contribution is 6.01. The largest absolute Gasteiger partial charge is 0.383 e. The van der Waals surface area contributed by atoms with E-state index in [2.05, 4.69) is 9.88 Å². The van der Waals surface area contributed by atoms with Crippen LogP contribution in [0.25, 0.3) is 11.0 Å². The van der Waals surface area contributed by atoms with E-state index in [0.717, 1.165) is 22.4 Å². The normalized spacial score (nSPS) is 15.3. The number of hydrogen-bond acceptors (Lipinski definition) is 4. The zero-order valence-electron chi connectivity index (χ0n) is 17.5. The molecule has 1 N–H and O–H groups in total. The minimum Gasteiger partial charge on any atom is -0.383 e. The molecular formula is C23H26N4O3. The Morgan fingerprint density at radius 1 is 1.17 bits per heavy atom. The van der Waals surface area contributed by atoms with E-state index in [1.807, 2.05) is 55.5 Å². The molecule has 0 bridgehead atoms. The monoisotopic (exact) mass is 406 g/mol. The van der Waals surface area contributed by atoms with E-state index in [1.165, 1.54) is 0 Å². The molecule has 3 aromatic rings. The van der Waals surface area contributed by atoms with Crippen LogP contribution in [0.1, 0.15) is 41.6 Å². The molecule has 7 heteroatoms. The molecule has 1 aliphatic rings. The molecule has 0 spiro atoms. The van der Waals surface area contributed by atoms with Crippen LogP contribution in [-0.4, -0.2) is 46.0 Å². The first kappa shape index (κ1) is 20.1. The Bertz CT molecular complexity index is 1090. The molecule has 1 aliphatic heterocycles. The second kappa shape index (κ2) is 8.28. The minimum atomic E-state index is -0.579. The lowest BCUT2D eigenvalue weighted by Gasteiger charge is -2.25. The second-order valence-corrected chi connectivity index (χ2v) is 7.60. The van der Waals surface area contributed by atoms with Crippen LogP contribution < -0.4 is 5.32 Å². The van der Waals surface area contributed by atoms with E-state index in [1.54, 1.807) is 18.9 Å². The molecule has 2 aromatic carbocycles. The van der Waals surface area contributed by atoms with Crippen molar-refractivity contribution in [1.29, 1.82) is 0 Å². The lowest BCUT2D eigenvalue weighted by atomic mass is 10.1.